The van der Waals surface area contributed by atoms with E-state index in [-0.39, 0.29) is 24.3 Å². The van der Waals surface area contributed by atoms with E-state index in [4.69, 9.17) is 0 Å². The van der Waals surface area contributed by atoms with Gasteiger partial charge >= 0.3 is 5.97 Å². The van der Waals surface area contributed by atoms with E-state index in [9.17, 15) is 24.9 Å². The molecule has 0 spiro atoms. The molecule has 1 amide bonds. The number of carboxylic acid groups (broad SMARTS) is 1. The minimum Gasteiger partial charge on any atom is -0.504 e. The molecule has 3 rings (SSSR count). The molecule has 0 aromatic heterocycles. The smallest absolute Gasteiger partial charge is 0.326 e. The summed E-state index contributed by atoms with van der Waals surface area (Å²) in [5, 5.41) is 34.0. The number of carboxylic acids is 1. The number of phenols is 2. The summed E-state index contributed by atoms with van der Waals surface area (Å²) in [6, 6.07) is 10.5. The molecule has 2 aromatic carbocycles. The Hall–Kier alpha value is -3.48. The van der Waals surface area contributed by atoms with Gasteiger partial charge in [-0.2, -0.15) is 0 Å². The molecular weight excluding hydrogens is 336 g/mol. The molecule has 0 fully saturated rings. The number of aliphatic carboxylic acids is 1. The summed E-state index contributed by atoms with van der Waals surface area (Å²) in [4.78, 5) is 24.1. The van der Waals surface area contributed by atoms with Gasteiger partial charge < -0.3 is 26.0 Å². The zero-order valence-electron chi connectivity index (χ0n) is 13.8. The van der Waals surface area contributed by atoms with Crippen molar-refractivity contribution in [1.29, 1.82) is 0 Å². The van der Waals surface area contributed by atoms with E-state index < -0.39 is 17.9 Å². The van der Waals surface area contributed by atoms with Gasteiger partial charge in [-0.05, 0) is 29.3 Å². The Morgan fingerprint density at radius 1 is 1.12 bits per heavy atom. The summed E-state index contributed by atoms with van der Waals surface area (Å²) < 4.78 is 0. The van der Waals surface area contributed by atoms with Crippen molar-refractivity contribution in [1.82, 2.24) is 5.32 Å². The number of fused-ring (bicyclic) bond motifs is 1. The second-order valence-corrected chi connectivity index (χ2v) is 6.04. The first-order valence-corrected chi connectivity index (χ1v) is 8.02. The topological polar surface area (TPSA) is 119 Å². The highest BCUT2D eigenvalue weighted by atomic mass is 16.4. The highest BCUT2D eigenvalue weighted by Crippen LogP contribution is 2.26. The molecule has 0 bridgehead atoms. The average Bonchev–Trinajstić information content (AvgIpc) is 2.67. The predicted octanol–water partition coefficient (Wildman–Crippen LogP) is 1.76. The van der Waals surface area contributed by atoms with Crippen molar-refractivity contribution in [3.8, 4) is 11.5 Å². The fraction of sp³-hybridized carbons (Fsp3) is 0.158. The number of anilines is 1. The molecule has 1 atom stereocenters. The van der Waals surface area contributed by atoms with Crippen LogP contribution in [0.4, 0.5) is 5.69 Å². The van der Waals surface area contributed by atoms with Gasteiger partial charge in [0.05, 0.1) is 0 Å². The van der Waals surface area contributed by atoms with Crippen LogP contribution in [0.2, 0.25) is 0 Å². The van der Waals surface area contributed by atoms with E-state index in [2.05, 4.69) is 10.6 Å². The summed E-state index contributed by atoms with van der Waals surface area (Å²) in [5.74, 6) is -2.16. The summed E-state index contributed by atoms with van der Waals surface area (Å²) >= 11 is 0. The van der Waals surface area contributed by atoms with Crippen LogP contribution in [-0.2, 0) is 22.4 Å². The number of carbonyl (C=O) groups excluding carboxylic acids is 1. The Morgan fingerprint density at radius 2 is 1.88 bits per heavy atom. The SMILES string of the molecule is O=C1NC(C(=O)O)Cc2ccccc2NC=C1Cc1ccc(O)c(O)c1. The molecule has 1 aliphatic rings. The number of benzene rings is 2. The standard InChI is InChI=1S/C19H18N2O5/c22-16-6-5-11(8-17(16)23)7-13-10-20-14-4-2-1-3-12(14)9-15(19(25)26)21-18(13)24/h1-6,8,10,15,20,22-23H,7,9H2,(H,21,24)(H,25,26). The molecule has 7 heteroatoms. The summed E-state index contributed by atoms with van der Waals surface area (Å²) in [6.07, 6.45) is 1.84. The molecule has 7 nitrogen and oxygen atoms in total. The lowest BCUT2D eigenvalue weighted by atomic mass is 10.0. The Labute approximate surface area is 149 Å². The van der Waals surface area contributed by atoms with Gasteiger partial charge in [0.1, 0.15) is 6.04 Å². The lowest BCUT2D eigenvalue weighted by molar-refractivity contribution is -0.141. The van der Waals surface area contributed by atoms with Crippen molar-refractivity contribution in [2.75, 3.05) is 5.32 Å². The highest BCUT2D eigenvalue weighted by Gasteiger charge is 2.24. The zero-order valence-corrected chi connectivity index (χ0v) is 13.8. The molecule has 2 aromatic rings. The first kappa shape index (κ1) is 17.3. The molecule has 26 heavy (non-hydrogen) atoms. The largest absolute Gasteiger partial charge is 0.504 e. The molecule has 0 saturated heterocycles. The van der Waals surface area contributed by atoms with Gasteiger partial charge in [-0.25, -0.2) is 4.79 Å². The normalized spacial score (nSPS) is 16.8. The fourth-order valence-corrected chi connectivity index (χ4v) is 2.77. The van der Waals surface area contributed by atoms with Gasteiger partial charge in [-0.15, -0.1) is 0 Å². The van der Waals surface area contributed by atoms with Crippen molar-refractivity contribution in [2.45, 2.75) is 18.9 Å². The second-order valence-electron chi connectivity index (χ2n) is 6.04. The van der Waals surface area contributed by atoms with E-state index in [0.717, 1.165) is 11.3 Å². The van der Waals surface area contributed by atoms with Gasteiger partial charge in [0, 0.05) is 30.3 Å². The average molecular weight is 354 g/mol. The summed E-state index contributed by atoms with van der Waals surface area (Å²) in [7, 11) is 0. The lowest BCUT2D eigenvalue weighted by Crippen LogP contribution is -2.43. The van der Waals surface area contributed by atoms with Gasteiger partial charge in [-0.1, -0.05) is 24.3 Å². The monoisotopic (exact) mass is 354 g/mol. The van der Waals surface area contributed by atoms with Crippen molar-refractivity contribution in [3.05, 3.63) is 65.4 Å². The van der Waals surface area contributed by atoms with Crippen molar-refractivity contribution < 1.29 is 24.9 Å². The molecule has 1 heterocycles. The fourth-order valence-electron chi connectivity index (χ4n) is 2.77. The first-order chi connectivity index (χ1) is 12.4. The van der Waals surface area contributed by atoms with E-state index in [1.54, 1.807) is 12.1 Å². The number of para-hydroxylation sites is 1. The third-order valence-electron chi connectivity index (χ3n) is 4.17. The molecule has 1 unspecified atom stereocenters. The minimum absolute atomic E-state index is 0.154. The maximum absolute atomic E-state index is 12.5. The molecule has 0 saturated carbocycles. The van der Waals surface area contributed by atoms with E-state index >= 15 is 0 Å². The number of nitrogens with one attached hydrogen (secondary N) is 2. The molecule has 5 N–H and O–H groups in total. The van der Waals surface area contributed by atoms with Crippen molar-refractivity contribution in [2.24, 2.45) is 0 Å². The van der Waals surface area contributed by atoms with Crippen LogP contribution in [0.25, 0.3) is 0 Å². The quantitative estimate of drug-likeness (QED) is 0.536. The van der Waals surface area contributed by atoms with Crippen LogP contribution >= 0.6 is 0 Å². The van der Waals surface area contributed by atoms with Gasteiger partial charge in [-0.3, -0.25) is 4.79 Å². The Balaban J connectivity index is 1.94. The van der Waals surface area contributed by atoms with Crippen molar-refractivity contribution in [3.63, 3.8) is 0 Å². The number of hydrogen-bond acceptors (Lipinski definition) is 5. The first-order valence-electron chi connectivity index (χ1n) is 8.02. The maximum atomic E-state index is 12.5. The molecular formula is C19H18N2O5. The number of hydrogen-bond donors (Lipinski definition) is 5. The third-order valence-corrected chi connectivity index (χ3v) is 4.17. The van der Waals surface area contributed by atoms with Crippen LogP contribution in [0.5, 0.6) is 11.5 Å². The molecule has 0 radical (unpaired) electrons. The Bertz CT molecular complexity index is 891. The van der Waals surface area contributed by atoms with Gasteiger partial charge in [0.25, 0.3) is 0 Å². The number of rotatable bonds is 3. The van der Waals surface area contributed by atoms with Crippen LogP contribution < -0.4 is 10.6 Å². The van der Waals surface area contributed by atoms with Crippen LogP contribution in [0, 0.1) is 0 Å². The molecule has 0 aliphatic carbocycles. The zero-order chi connectivity index (χ0) is 18.7. The number of amides is 1. The second kappa shape index (κ2) is 7.18. The molecule has 1 aliphatic heterocycles. The minimum atomic E-state index is -1.11. The van der Waals surface area contributed by atoms with Crippen LogP contribution in [0.15, 0.2) is 54.2 Å². The van der Waals surface area contributed by atoms with E-state index in [1.807, 2.05) is 18.2 Å². The number of phenolic OH excluding ortho intramolecular Hbond substituents is 2. The number of carbonyl (C=O) groups is 2. The third kappa shape index (κ3) is 3.77. The highest BCUT2D eigenvalue weighted by molar-refractivity contribution is 5.97. The summed E-state index contributed by atoms with van der Waals surface area (Å²) in [5.41, 5.74) is 2.40. The Kier molecular flexibility index (Phi) is 4.79. The van der Waals surface area contributed by atoms with Gasteiger partial charge in [0.15, 0.2) is 11.5 Å². The molecule has 134 valence electrons. The van der Waals surface area contributed by atoms with Gasteiger partial charge in [0.2, 0.25) is 5.91 Å². The predicted molar refractivity (Wildman–Crippen MR) is 94.9 cm³/mol. The number of aromatic hydroxyl groups is 2. The maximum Gasteiger partial charge on any atom is 0.326 e. The van der Waals surface area contributed by atoms with Crippen LogP contribution in [-0.4, -0.2) is 33.2 Å². The Morgan fingerprint density at radius 3 is 2.62 bits per heavy atom. The van der Waals surface area contributed by atoms with E-state index in [1.165, 1.54) is 18.3 Å². The lowest BCUT2D eigenvalue weighted by Gasteiger charge is -2.15. The van der Waals surface area contributed by atoms with Crippen LogP contribution in [0.1, 0.15) is 11.1 Å². The van der Waals surface area contributed by atoms with Crippen LogP contribution in [0.3, 0.4) is 0 Å². The van der Waals surface area contributed by atoms with Crippen molar-refractivity contribution >= 4 is 17.6 Å². The summed E-state index contributed by atoms with van der Waals surface area (Å²) in [6.45, 7) is 0. The van der Waals surface area contributed by atoms with E-state index in [0.29, 0.717) is 11.1 Å².